The lowest BCUT2D eigenvalue weighted by atomic mass is 9.86. The number of hydrogen-bond acceptors (Lipinski definition) is 6. The standard InChI is InChI=1S/C27H30N2O6S/c1-27(2)25(30)24(29-36(32,33)21-12-10-20(34-3)11-13-21)22-17-19(9-14-23(22)35-27)26(31)28-16-15-18-7-5-4-6-8-18/h4-14,17,24-25,29-30H,15-16H2,1-3H3,(H,28,31). The topological polar surface area (TPSA) is 114 Å². The minimum Gasteiger partial charge on any atom is -0.497 e. The van der Waals surface area contributed by atoms with Gasteiger partial charge in [-0.15, -0.1) is 0 Å². The number of nitrogens with one attached hydrogen (secondary N) is 2. The quantitative estimate of drug-likeness (QED) is 0.429. The number of fused-ring (bicyclic) bond motifs is 1. The monoisotopic (exact) mass is 510 g/mol. The number of benzene rings is 3. The van der Waals surface area contributed by atoms with E-state index < -0.39 is 27.8 Å². The van der Waals surface area contributed by atoms with E-state index in [1.54, 1.807) is 44.2 Å². The Morgan fingerprint density at radius 3 is 2.42 bits per heavy atom. The van der Waals surface area contributed by atoms with Gasteiger partial charge in [-0.05, 0) is 68.3 Å². The highest BCUT2D eigenvalue weighted by molar-refractivity contribution is 7.89. The first kappa shape index (κ1) is 25.7. The van der Waals surface area contributed by atoms with Crippen molar-refractivity contribution in [3.05, 3.63) is 89.5 Å². The average Bonchev–Trinajstić information content (AvgIpc) is 2.87. The molecule has 0 bridgehead atoms. The van der Waals surface area contributed by atoms with Crippen molar-refractivity contribution in [2.24, 2.45) is 0 Å². The fraction of sp³-hybridized carbons (Fsp3) is 0.296. The van der Waals surface area contributed by atoms with Crippen molar-refractivity contribution in [2.75, 3.05) is 13.7 Å². The first-order chi connectivity index (χ1) is 17.1. The lowest BCUT2D eigenvalue weighted by Crippen LogP contribution is -2.53. The molecule has 190 valence electrons. The van der Waals surface area contributed by atoms with E-state index >= 15 is 0 Å². The number of sulfonamides is 1. The van der Waals surface area contributed by atoms with Crippen LogP contribution in [0.4, 0.5) is 0 Å². The lowest BCUT2D eigenvalue weighted by Gasteiger charge is -2.42. The molecule has 3 aromatic rings. The van der Waals surface area contributed by atoms with E-state index in [0.29, 0.717) is 35.6 Å². The summed E-state index contributed by atoms with van der Waals surface area (Å²) in [5, 5.41) is 13.9. The summed E-state index contributed by atoms with van der Waals surface area (Å²) >= 11 is 0. The number of aliphatic hydroxyl groups is 1. The third-order valence-electron chi connectivity index (χ3n) is 6.20. The normalized spacial score (nSPS) is 18.6. The van der Waals surface area contributed by atoms with Crippen molar-refractivity contribution in [1.29, 1.82) is 0 Å². The molecule has 1 aliphatic heterocycles. The van der Waals surface area contributed by atoms with Gasteiger partial charge in [-0.1, -0.05) is 30.3 Å². The fourth-order valence-electron chi connectivity index (χ4n) is 4.13. The van der Waals surface area contributed by atoms with Crippen LogP contribution in [-0.4, -0.2) is 44.8 Å². The number of amides is 1. The maximum Gasteiger partial charge on any atom is 0.251 e. The molecule has 4 rings (SSSR count). The molecule has 0 aromatic heterocycles. The van der Waals surface area contributed by atoms with Crippen molar-refractivity contribution in [1.82, 2.24) is 10.0 Å². The number of ether oxygens (including phenoxy) is 2. The molecular formula is C27H30N2O6S. The summed E-state index contributed by atoms with van der Waals surface area (Å²) in [5.41, 5.74) is 0.759. The maximum absolute atomic E-state index is 13.2. The highest BCUT2D eigenvalue weighted by atomic mass is 32.2. The third kappa shape index (κ3) is 5.53. The van der Waals surface area contributed by atoms with E-state index in [1.807, 2.05) is 30.3 Å². The molecule has 36 heavy (non-hydrogen) atoms. The van der Waals surface area contributed by atoms with Gasteiger partial charge in [0.05, 0.1) is 18.0 Å². The highest BCUT2D eigenvalue weighted by Crippen LogP contribution is 2.41. The first-order valence-electron chi connectivity index (χ1n) is 11.6. The number of rotatable bonds is 8. The lowest BCUT2D eigenvalue weighted by molar-refractivity contribution is -0.0603. The Morgan fingerprint density at radius 2 is 1.75 bits per heavy atom. The molecule has 0 saturated heterocycles. The van der Waals surface area contributed by atoms with Crippen LogP contribution in [0.5, 0.6) is 11.5 Å². The van der Waals surface area contributed by atoms with Gasteiger partial charge in [0.25, 0.3) is 5.91 Å². The van der Waals surface area contributed by atoms with E-state index in [1.165, 1.54) is 19.2 Å². The average molecular weight is 511 g/mol. The summed E-state index contributed by atoms with van der Waals surface area (Å²) < 4.78 is 40.0. The van der Waals surface area contributed by atoms with Crippen LogP contribution in [-0.2, 0) is 16.4 Å². The number of hydrogen-bond donors (Lipinski definition) is 3. The number of aliphatic hydroxyl groups excluding tert-OH is 1. The Hall–Kier alpha value is -3.40. The Morgan fingerprint density at radius 1 is 1.06 bits per heavy atom. The molecule has 0 spiro atoms. The predicted octanol–water partition coefficient (Wildman–Crippen LogP) is 3.22. The zero-order valence-corrected chi connectivity index (χ0v) is 21.2. The second-order valence-electron chi connectivity index (χ2n) is 9.17. The molecular weight excluding hydrogens is 480 g/mol. The summed E-state index contributed by atoms with van der Waals surface area (Å²) in [7, 11) is -2.52. The van der Waals surface area contributed by atoms with Crippen LogP contribution in [0.1, 0.15) is 41.4 Å². The van der Waals surface area contributed by atoms with Crippen LogP contribution < -0.4 is 19.5 Å². The molecule has 1 aliphatic rings. The van der Waals surface area contributed by atoms with Crippen molar-refractivity contribution >= 4 is 15.9 Å². The molecule has 3 aromatic carbocycles. The minimum atomic E-state index is -4.01. The molecule has 2 atom stereocenters. The van der Waals surface area contributed by atoms with Crippen LogP contribution in [0.15, 0.2) is 77.7 Å². The SMILES string of the molecule is COc1ccc(S(=O)(=O)NC2c3cc(C(=O)NCCc4ccccc4)ccc3OC(C)(C)C2O)cc1. The Balaban J connectivity index is 1.58. The largest absolute Gasteiger partial charge is 0.497 e. The van der Waals surface area contributed by atoms with Crippen molar-refractivity contribution in [3.8, 4) is 11.5 Å². The number of methoxy groups -OCH3 is 1. The third-order valence-corrected chi connectivity index (χ3v) is 7.66. The molecule has 2 unspecified atom stereocenters. The van der Waals surface area contributed by atoms with Crippen LogP contribution >= 0.6 is 0 Å². The van der Waals surface area contributed by atoms with E-state index in [0.717, 1.165) is 5.56 Å². The van der Waals surface area contributed by atoms with Gasteiger partial charge in [-0.25, -0.2) is 13.1 Å². The molecule has 0 saturated carbocycles. The molecule has 0 fully saturated rings. The Kier molecular flexibility index (Phi) is 7.35. The minimum absolute atomic E-state index is 0.0242. The molecule has 9 heteroatoms. The molecule has 3 N–H and O–H groups in total. The summed E-state index contributed by atoms with van der Waals surface area (Å²) in [6.07, 6.45) is -0.535. The number of carbonyl (C=O) groups excluding carboxylic acids is 1. The second-order valence-corrected chi connectivity index (χ2v) is 10.9. The zero-order chi connectivity index (χ0) is 25.9. The zero-order valence-electron chi connectivity index (χ0n) is 20.4. The number of carbonyl (C=O) groups is 1. The summed E-state index contributed by atoms with van der Waals surface area (Å²) in [5.74, 6) is 0.618. The van der Waals surface area contributed by atoms with Gasteiger partial charge in [-0.3, -0.25) is 4.79 Å². The first-order valence-corrected chi connectivity index (χ1v) is 13.1. The van der Waals surface area contributed by atoms with Crippen molar-refractivity contribution in [3.63, 3.8) is 0 Å². The molecule has 1 amide bonds. The fourth-order valence-corrected chi connectivity index (χ4v) is 5.35. The summed E-state index contributed by atoms with van der Waals surface area (Å²) in [6, 6.07) is 19.5. The van der Waals surface area contributed by atoms with Crippen LogP contribution in [0.2, 0.25) is 0 Å². The molecule has 0 radical (unpaired) electrons. The predicted molar refractivity (Wildman–Crippen MR) is 136 cm³/mol. The van der Waals surface area contributed by atoms with E-state index in [4.69, 9.17) is 9.47 Å². The smallest absolute Gasteiger partial charge is 0.251 e. The van der Waals surface area contributed by atoms with Gasteiger partial charge in [0.15, 0.2) is 0 Å². The molecule has 8 nitrogen and oxygen atoms in total. The van der Waals surface area contributed by atoms with Gasteiger partial charge in [0, 0.05) is 17.7 Å². The van der Waals surface area contributed by atoms with Crippen LogP contribution in [0.25, 0.3) is 0 Å². The second kappa shape index (κ2) is 10.3. The maximum atomic E-state index is 13.2. The van der Waals surface area contributed by atoms with E-state index in [-0.39, 0.29) is 10.8 Å². The Labute approximate surface area is 211 Å². The molecule has 1 heterocycles. The van der Waals surface area contributed by atoms with E-state index in [9.17, 15) is 18.3 Å². The van der Waals surface area contributed by atoms with Gasteiger partial charge < -0.3 is 19.9 Å². The van der Waals surface area contributed by atoms with Crippen LogP contribution in [0, 0.1) is 0 Å². The van der Waals surface area contributed by atoms with Gasteiger partial charge >= 0.3 is 0 Å². The highest BCUT2D eigenvalue weighted by Gasteiger charge is 2.44. The molecule has 0 aliphatic carbocycles. The summed E-state index contributed by atoms with van der Waals surface area (Å²) in [6.45, 7) is 3.80. The van der Waals surface area contributed by atoms with Crippen LogP contribution in [0.3, 0.4) is 0 Å². The summed E-state index contributed by atoms with van der Waals surface area (Å²) in [4.78, 5) is 12.9. The van der Waals surface area contributed by atoms with Crippen molar-refractivity contribution < 1.29 is 27.8 Å². The Bertz CT molecular complexity index is 1320. The van der Waals surface area contributed by atoms with Crippen molar-refractivity contribution in [2.45, 2.75) is 42.9 Å². The van der Waals surface area contributed by atoms with E-state index in [2.05, 4.69) is 10.0 Å². The van der Waals surface area contributed by atoms with Gasteiger partial charge in [-0.2, -0.15) is 0 Å². The van der Waals surface area contributed by atoms with Gasteiger partial charge in [0.1, 0.15) is 23.2 Å². The van der Waals surface area contributed by atoms with Gasteiger partial charge in [0.2, 0.25) is 10.0 Å².